The van der Waals surface area contributed by atoms with Gasteiger partial charge >= 0.3 is 0 Å². The molecule has 3 nitrogen and oxygen atoms in total. The van der Waals surface area contributed by atoms with Gasteiger partial charge in [-0.05, 0) is 5.56 Å². The van der Waals surface area contributed by atoms with Crippen molar-refractivity contribution >= 4 is 5.96 Å². The van der Waals surface area contributed by atoms with Crippen LogP contribution in [0.2, 0.25) is 0 Å². The standard InChI is InChI=1S/C12H15N3/c1-2-4-11(5-3-1)10-15-9-8-14-7-6-13-12(14)15/h1-5H,6-10H2. The Bertz CT molecular complexity index is 372. The average molecular weight is 201 g/mol. The van der Waals surface area contributed by atoms with Crippen LogP contribution in [-0.2, 0) is 6.54 Å². The molecular formula is C12H15N3. The van der Waals surface area contributed by atoms with E-state index in [0.29, 0.717) is 0 Å². The molecule has 0 unspecified atom stereocenters. The summed E-state index contributed by atoms with van der Waals surface area (Å²) in [5.74, 6) is 1.21. The van der Waals surface area contributed by atoms with Crippen molar-refractivity contribution in [2.75, 3.05) is 26.2 Å². The van der Waals surface area contributed by atoms with Crippen LogP contribution in [0, 0.1) is 0 Å². The minimum Gasteiger partial charge on any atom is -0.339 e. The third kappa shape index (κ3) is 1.58. The zero-order valence-electron chi connectivity index (χ0n) is 8.76. The van der Waals surface area contributed by atoms with E-state index in [4.69, 9.17) is 0 Å². The lowest BCUT2D eigenvalue weighted by Crippen LogP contribution is -2.29. The third-order valence-corrected chi connectivity index (χ3v) is 3.04. The van der Waals surface area contributed by atoms with Crippen molar-refractivity contribution < 1.29 is 0 Å². The van der Waals surface area contributed by atoms with E-state index in [1.807, 2.05) is 0 Å². The fourth-order valence-electron chi connectivity index (χ4n) is 2.28. The number of nitrogens with zero attached hydrogens (tertiary/aromatic N) is 3. The van der Waals surface area contributed by atoms with E-state index in [0.717, 1.165) is 32.7 Å². The van der Waals surface area contributed by atoms with Gasteiger partial charge in [0.05, 0.1) is 6.54 Å². The van der Waals surface area contributed by atoms with Gasteiger partial charge in [-0.2, -0.15) is 0 Å². The fraction of sp³-hybridized carbons (Fsp3) is 0.417. The summed E-state index contributed by atoms with van der Waals surface area (Å²) < 4.78 is 0. The second-order valence-corrected chi connectivity index (χ2v) is 4.08. The van der Waals surface area contributed by atoms with E-state index < -0.39 is 0 Å². The van der Waals surface area contributed by atoms with Crippen LogP contribution in [0.25, 0.3) is 0 Å². The lowest BCUT2D eigenvalue weighted by molar-refractivity contribution is 0.453. The van der Waals surface area contributed by atoms with Gasteiger partial charge in [0.15, 0.2) is 5.96 Å². The highest BCUT2D eigenvalue weighted by molar-refractivity contribution is 5.83. The second kappa shape index (κ2) is 3.57. The monoisotopic (exact) mass is 201 g/mol. The number of fused-ring (bicyclic) bond motifs is 1. The second-order valence-electron chi connectivity index (χ2n) is 4.08. The van der Waals surface area contributed by atoms with Crippen molar-refractivity contribution in [3.05, 3.63) is 35.9 Å². The maximum atomic E-state index is 4.54. The molecule has 0 bridgehead atoms. The molecule has 1 aromatic carbocycles. The molecular weight excluding hydrogens is 186 g/mol. The molecule has 1 aromatic rings. The maximum Gasteiger partial charge on any atom is 0.197 e. The predicted molar refractivity (Wildman–Crippen MR) is 60.7 cm³/mol. The minimum atomic E-state index is 0.973. The lowest BCUT2D eigenvalue weighted by atomic mass is 10.2. The molecule has 15 heavy (non-hydrogen) atoms. The average Bonchev–Trinajstić information content (AvgIpc) is 2.85. The Kier molecular flexibility index (Phi) is 2.09. The molecule has 0 radical (unpaired) electrons. The predicted octanol–water partition coefficient (Wildman–Crippen LogP) is 1.17. The van der Waals surface area contributed by atoms with E-state index >= 15 is 0 Å². The van der Waals surface area contributed by atoms with E-state index in [1.165, 1.54) is 11.5 Å². The summed E-state index contributed by atoms with van der Waals surface area (Å²) in [4.78, 5) is 9.30. The molecule has 3 rings (SSSR count). The Morgan fingerprint density at radius 2 is 1.93 bits per heavy atom. The highest BCUT2D eigenvalue weighted by Crippen LogP contribution is 2.16. The molecule has 1 fully saturated rings. The van der Waals surface area contributed by atoms with Crippen LogP contribution >= 0.6 is 0 Å². The Balaban J connectivity index is 1.74. The lowest BCUT2D eigenvalue weighted by Gasteiger charge is -2.18. The summed E-state index contributed by atoms with van der Waals surface area (Å²) in [5, 5.41) is 0. The smallest absolute Gasteiger partial charge is 0.197 e. The highest BCUT2D eigenvalue weighted by Gasteiger charge is 2.28. The highest BCUT2D eigenvalue weighted by atomic mass is 15.5. The normalized spacial score (nSPS) is 19.3. The van der Waals surface area contributed by atoms with E-state index in [-0.39, 0.29) is 0 Å². The molecule has 78 valence electrons. The van der Waals surface area contributed by atoms with Crippen LogP contribution in [0.5, 0.6) is 0 Å². The van der Waals surface area contributed by atoms with Gasteiger partial charge in [0.2, 0.25) is 0 Å². The van der Waals surface area contributed by atoms with Crippen LogP contribution < -0.4 is 0 Å². The van der Waals surface area contributed by atoms with Crippen molar-refractivity contribution in [1.29, 1.82) is 0 Å². The number of rotatable bonds is 2. The SMILES string of the molecule is c1ccc(CN2CCN3CCN=C32)cc1. The molecule has 0 saturated carbocycles. The van der Waals surface area contributed by atoms with Gasteiger partial charge in [-0.1, -0.05) is 30.3 Å². The molecule has 0 spiro atoms. The van der Waals surface area contributed by atoms with E-state index in [9.17, 15) is 0 Å². The van der Waals surface area contributed by atoms with Crippen molar-refractivity contribution in [1.82, 2.24) is 9.80 Å². The molecule has 0 amide bonds. The molecule has 0 aromatic heterocycles. The molecule has 2 aliphatic heterocycles. The number of guanidine groups is 1. The largest absolute Gasteiger partial charge is 0.339 e. The van der Waals surface area contributed by atoms with Gasteiger partial charge in [0.1, 0.15) is 0 Å². The molecule has 0 N–H and O–H groups in total. The van der Waals surface area contributed by atoms with Crippen LogP contribution in [0.15, 0.2) is 35.3 Å². The Morgan fingerprint density at radius 1 is 1.07 bits per heavy atom. The first-order valence-electron chi connectivity index (χ1n) is 5.52. The van der Waals surface area contributed by atoms with Crippen molar-refractivity contribution in [2.45, 2.75) is 6.54 Å². The van der Waals surface area contributed by atoms with Crippen LogP contribution in [0.1, 0.15) is 5.56 Å². The summed E-state index contributed by atoms with van der Waals surface area (Å²) >= 11 is 0. The molecule has 0 atom stereocenters. The van der Waals surface area contributed by atoms with E-state index in [1.54, 1.807) is 0 Å². The van der Waals surface area contributed by atoms with Gasteiger partial charge in [-0.25, -0.2) is 0 Å². The summed E-state index contributed by atoms with van der Waals surface area (Å²) in [6, 6.07) is 10.6. The molecule has 3 heteroatoms. The Morgan fingerprint density at radius 3 is 2.80 bits per heavy atom. The van der Waals surface area contributed by atoms with Gasteiger partial charge < -0.3 is 9.80 Å². The Hall–Kier alpha value is -1.51. The summed E-state index contributed by atoms with van der Waals surface area (Å²) in [6.45, 7) is 5.34. The zero-order valence-corrected chi connectivity index (χ0v) is 8.76. The van der Waals surface area contributed by atoms with Crippen LogP contribution in [0.3, 0.4) is 0 Å². The van der Waals surface area contributed by atoms with Gasteiger partial charge in [0.25, 0.3) is 0 Å². The molecule has 2 heterocycles. The first-order valence-corrected chi connectivity index (χ1v) is 5.52. The number of benzene rings is 1. The fourth-order valence-corrected chi connectivity index (χ4v) is 2.28. The van der Waals surface area contributed by atoms with Crippen molar-refractivity contribution in [2.24, 2.45) is 4.99 Å². The summed E-state index contributed by atoms with van der Waals surface area (Å²) in [6.07, 6.45) is 0. The van der Waals surface area contributed by atoms with Crippen LogP contribution in [0.4, 0.5) is 0 Å². The van der Waals surface area contributed by atoms with Gasteiger partial charge in [0, 0.05) is 26.2 Å². The number of aliphatic imine (C=N–C) groups is 1. The first kappa shape index (κ1) is 8.77. The van der Waals surface area contributed by atoms with Gasteiger partial charge in [-0.3, -0.25) is 4.99 Å². The minimum absolute atomic E-state index is 0.973. The zero-order chi connectivity index (χ0) is 10.1. The third-order valence-electron chi connectivity index (χ3n) is 3.04. The number of hydrogen-bond acceptors (Lipinski definition) is 3. The molecule has 1 saturated heterocycles. The quantitative estimate of drug-likeness (QED) is 0.715. The van der Waals surface area contributed by atoms with Crippen LogP contribution in [-0.4, -0.2) is 41.9 Å². The topological polar surface area (TPSA) is 18.8 Å². The molecule has 2 aliphatic rings. The van der Waals surface area contributed by atoms with Crippen molar-refractivity contribution in [3.8, 4) is 0 Å². The summed E-state index contributed by atoms with van der Waals surface area (Å²) in [7, 11) is 0. The molecule has 0 aliphatic carbocycles. The first-order chi connectivity index (χ1) is 7.43. The number of hydrogen-bond donors (Lipinski definition) is 0. The maximum absolute atomic E-state index is 4.54. The Labute approximate surface area is 90.0 Å². The van der Waals surface area contributed by atoms with Gasteiger partial charge in [-0.15, -0.1) is 0 Å². The van der Waals surface area contributed by atoms with Crippen molar-refractivity contribution in [3.63, 3.8) is 0 Å². The van der Waals surface area contributed by atoms with E-state index in [2.05, 4.69) is 45.1 Å². The summed E-state index contributed by atoms with van der Waals surface area (Å²) in [5.41, 5.74) is 1.37.